The van der Waals surface area contributed by atoms with Gasteiger partial charge in [-0.2, -0.15) is 0 Å². The van der Waals surface area contributed by atoms with Crippen molar-refractivity contribution in [1.29, 1.82) is 0 Å². The molecule has 4 nitrogen and oxygen atoms in total. The quantitative estimate of drug-likeness (QED) is 0.779. The number of hydrogen-bond acceptors (Lipinski definition) is 3. The van der Waals surface area contributed by atoms with Crippen LogP contribution in [0.4, 0.5) is 0 Å². The topological polar surface area (TPSA) is 68.0 Å². The Hall–Kier alpha value is -1.42. The third kappa shape index (κ3) is 3.98. The minimum Gasteiger partial charge on any atom is -0.350 e. The van der Waals surface area contributed by atoms with Gasteiger partial charge in [0, 0.05) is 18.7 Å². The Balaban J connectivity index is 2.51. The molecule has 1 atom stereocenters. The van der Waals surface area contributed by atoms with Crippen molar-refractivity contribution in [2.75, 3.05) is 0 Å². The first-order chi connectivity index (χ1) is 7.63. The zero-order valence-electron chi connectivity index (χ0n) is 9.86. The van der Waals surface area contributed by atoms with Crippen LogP contribution in [0.2, 0.25) is 0 Å². The van der Waals surface area contributed by atoms with Gasteiger partial charge in [-0.15, -0.1) is 0 Å². The standard InChI is InChI=1S/C12H19N3O/c1-3-10-5-4-6-14-11(10)8-15-12(16)7-9(2)13/h4-6,9H,3,7-8,13H2,1-2H3,(H,15,16). The Bertz CT molecular complexity index is 350. The molecule has 3 N–H and O–H groups in total. The summed E-state index contributed by atoms with van der Waals surface area (Å²) in [6, 6.07) is 3.83. The van der Waals surface area contributed by atoms with Gasteiger partial charge in [-0.25, -0.2) is 0 Å². The van der Waals surface area contributed by atoms with E-state index < -0.39 is 0 Å². The Morgan fingerprint density at radius 1 is 1.62 bits per heavy atom. The van der Waals surface area contributed by atoms with E-state index in [0.29, 0.717) is 13.0 Å². The minimum atomic E-state index is -0.102. The monoisotopic (exact) mass is 221 g/mol. The zero-order valence-corrected chi connectivity index (χ0v) is 9.86. The van der Waals surface area contributed by atoms with Crippen LogP contribution in [0.25, 0.3) is 0 Å². The molecule has 0 aliphatic rings. The zero-order chi connectivity index (χ0) is 12.0. The highest BCUT2D eigenvalue weighted by Crippen LogP contribution is 2.05. The lowest BCUT2D eigenvalue weighted by Crippen LogP contribution is -2.30. The fraction of sp³-hybridized carbons (Fsp3) is 0.500. The number of aromatic nitrogens is 1. The molecule has 0 fully saturated rings. The number of aryl methyl sites for hydroxylation is 1. The van der Waals surface area contributed by atoms with Gasteiger partial charge in [0.1, 0.15) is 0 Å². The molecule has 0 bridgehead atoms. The predicted octanol–water partition coefficient (Wildman–Crippen LogP) is 0.998. The molecule has 1 rings (SSSR count). The number of carbonyl (C=O) groups excluding carboxylic acids is 1. The summed E-state index contributed by atoms with van der Waals surface area (Å²) in [5.74, 6) is -0.0253. The molecular formula is C12H19N3O. The summed E-state index contributed by atoms with van der Waals surface area (Å²) in [4.78, 5) is 15.7. The van der Waals surface area contributed by atoms with Crippen molar-refractivity contribution in [1.82, 2.24) is 10.3 Å². The molecule has 1 aromatic heterocycles. The number of rotatable bonds is 5. The van der Waals surface area contributed by atoms with Crippen molar-refractivity contribution in [2.45, 2.75) is 39.3 Å². The summed E-state index contributed by atoms with van der Waals surface area (Å²) < 4.78 is 0. The van der Waals surface area contributed by atoms with Gasteiger partial charge in [0.15, 0.2) is 0 Å². The van der Waals surface area contributed by atoms with E-state index in [1.807, 2.05) is 19.1 Å². The Morgan fingerprint density at radius 3 is 3.00 bits per heavy atom. The molecule has 0 aliphatic heterocycles. The third-order valence-electron chi connectivity index (χ3n) is 2.33. The first kappa shape index (κ1) is 12.6. The van der Waals surface area contributed by atoms with Crippen LogP contribution in [0.3, 0.4) is 0 Å². The van der Waals surface area contributed by atoms with Crippen LogP contribution in [0.1, 0.15) is 31.5 Å². The van der Waals surface area contributed by atoms with Gasteiger partial charge >= 0.3 is 0 Å². The van der Waals surface area contributed by atoms with Crippen LogP contribution in [0.15, 0.2) is 18.3 Å². The second-order valence-corrected chi connectivity index (χ2v) is 3.92. The maximum Gasteiger partial charge on any atom is 0.221 e. The van der Waals surface area contributed by atoms with E-state index in [0.717, 1.165) is 12.1 Å². The third-order valence-corrected chi connectivity index (χ3v) is 2.33. The number of pyridine rings is 1. The molecule has 0 saturated heterocycles. The molecule has 0 aromatic carbocycles. The van der Waals surface area contributed by atoms with Crippen molar-refractivity contribution >= 4 is 5.91 Å². The van der Waals surface area contributed by atoms with Gasteiger partial charge in [-0.05, 0) is 25.0 Å². The highest BCUT2D eigenvalue weighted by atomic mass is 16.1. The van der Waals surface area contributed by atoms with Gasteiger partial charge in [0.05, 0.1) is 12.2 Å². The van der Waals surface area contributed by atoms with Crippen LogP contribution in [0, 0.1) is 0 Å². The highest BCUT2D eigenvalue weighted by molar-refractivity contribution is 5.76. The number of hydrogen-bond donors (Lipinski definition) is 2. The van der Waals surface area contributed by atoms with Crippen LogP contribution in [-0.4, -0.2) is 16.9 Å². The lowest BCUT2D eigenvalue weighted by atomic mass is 10.1. The van der Waals surface area contributed by atoms with E-state index in [-0.39, 0.29) is 11.9 Å². The average molecular weight is 221 g/mol. The lowest BCUT2D eigenvalue weighted by Gasteiger charge is -2.09. The van der Waals surface area contributed by atoms with Crippen LogP contribution >= 0.6 is 0 Å². The molecule has 0 spiro atoms. The van der Waals surface area contributed by atoms with E-state index in [1.54, 1.807) is 6.20 Å². The van der Waals surface area contributed by atoms with Crippen molar-refractivity contribution < 1.29 is 4.79 Å². The van der Waals surface area contributed by atoms with Crippen molar-refractivity contribution in [3.63, 3.8) is 0 Å². The number of amides is 1. The second kappa shape index (κ2) is 6.23. The molecule has 1 amide bonds. The maximum absolute atomic E-state index is 11.4. The van der Waals surface area contributed by atoms with Crippen molar-refractivity contribution in [3.8, 4) is 0 Å². The highest BCUT2D eigenvalue weighted by Gasteiger charge is 2.06. The van der Waals surface area contributed by atoms with Crippen LogP contribution in [-0.2, 0) is 17.8 Å². The Labute approximate surface area is 96.3 Å². The van der Waals surface area contributed by atoms with E-state index in [9.17, 15) is 4.79 Å². The molecule has 1 unspecified atom stereocenters. The normalized spacial score (nSPS) is 12.2. The molecule has 1 heterocycles. The molecule has 0 aliphatic carbocycles. The predicted molar refractivity (Wildman–Crippen MR) is 63.7 cm³/mol. The fourth-order valence-electron chi connectivity index (χ4n) is 1.50. The fourth-order valence-corrected chi connectivity index (χ4v) is 1.50. The molecule has 4 heteroatoms. The van der Waals surface area contributed by atoms with Crippen molar-refractivity contribution in [3.05, 3.63) is 29.6 Å². The number of nitrogens with one attached hydrogen (secondary N) is 1. The van der Waals surface area contributed by atoms with E-state index in [1.165, 1.54) is 5.56 Å². The summed E-state index contributed by atoms with van der Waals surface area (Å²) in [5, 5.41) is 2.82. The number of nitrogens with zero attached hydrogens (tertiary/aromatic N) is 1. The summed E-state index contributed by atoms with van der Waals surface area (Å²) in [6.45, 7) is 4.37. The van der Waals surface area contributed by atoms with Gasteiger partial charge < -0.3 is 11.1 Å². The largest absolute Gasteiger partial charge is 0.350 e. The van der Waals surface area contributed by atoms with Crippen LogP contribution in [0.5, 0.6) is 0 Å². The first-order valence-electron chi connectivity index (χ1n) is 5.58. The molecule has 1 aromatic rings. The number of carbonyl (C=O) groups is 1. The van der Waals surface area contributed by atoms with Gasteiger partial charge in [0.2, 0.25) is 5.91 Å². The summed E-state index contributed by atoms with van der Waals surface area (Å²) in [5.41, 5.74) is 7.65. The van der Waals surface area contributed by atoms with Crippen LogP contribution < -0.4 is 11.1 Å². The van der Waals surface area contributed by atoms with Crippen molar-refractivity contribution in [2.24, 2.45) is 5.73 Å². The number of nitrogens with two attached hydrogens (primary N) is 1. The molecule has 88 valence electrons. The van der Waals surface area contributed by atoms with E-state index in [4.69, 9.17) is 5.73 Å². The Morgan fingerprint density at radius 2 is 2.38 bits per heavy atom. The van der Waals surface area contributed by atoms with E-state index in [2.05, 4.69) is 17.2 Å². The average Bonchev–Trinajstić information content (AvgIpc) is 2.26. The summed E-state index contributed by atoms with van der Waals surface area (Å²) in [6.07, 6.45) is 3.02. The summed E-state index contributed by atoms with van der Waals surface area (Å²) in [7, 11) is 0. The van der Waals surface area contributed by atoms with Gasteiger partial charge in [-0.1, -0.05) is 13.0 Å². The summed E-state index contributed by atoms with van der Waals surface area (Å²) >= 11 is 0. The second-order valence-electron chi connectivity index (χ2n) is 3.92. The SMILES string of the molecule is CCc1cccnc1CNC(=O)CC(C)N. The maximum atomic E-state index is 11.4. The van der Waals surface area contributed by atoms with Gasteiger partial charge in [0.25, 0.3) is 0 Å². The van der Waals surface area contributed by atoms with Gasteiger partial charge in [-0.3, -0.25) is 9.78 Å². The molecular weight excluding hydrogens is 202 g/mol. The molecule has 0 saturated carbocycles. The lowest BCUT2D eigenvalue weighted by molar-refractivity contribution is -0.121. The smallest absolute Gasteiger partial charge is 0.221 e. The van der Waals surface area contributed by atoms with E-state index >= 15 is 0 Å². The molecule has 0 radical (unpaired) electrons. The Kier molecular flexibility index (Phi) is 4.92. The first-order valence-corrected chi connectivity index (χ1v) is 5.58. The minimum absolute atomic E-state index is 0.0253. The molecule has 16 heavy (non-hydrogen) atoms.